The number of ether oxygens (including phenoxy) is 1. The van der Waals surface area contributed by atoms with Gasteiger partial charge in [-0.1, -0.05) is 36.0 Å². The summed E-state index contributed by atoms with van der Waals surface area (Å²) in [6.07, 6.45) is 2.47. The standard InChI is InChI=1S/C23H30N4O2S/c1-17-7-4-5-8-19(17)16-30-23-25-24-22(27(23)14-20-9-6-12-28-20)15-26(3)13-21-11-10-18(2)29-21/h4-5,7-8,10-11,20H,6,9,12-16H2,1-3H3/t20-/m1/s1. The Labute approximate surface area is 182 Å². The van der Waals surface area contributed by atoms with Gasteiger partial charge >= 0.3 is 0 Å². The lowest BCUT2D eigenvalue weighted by atomic mass is 10.1. The zero-order valence-corrected chi connectivity index (χ0v) is 18.8. The predicted molar refractivity (Wildman–Crippen MR) is 118 cm³/mol. The molecule has 7 heteroatoms. The molecule has 1 aromatic carbocycles. The number of hydrogen-bond donors (Lipinski definition) is 0. The van der Waals surface area contributed by atoms with Crippen molar-refractivity contribution in [3.8, 4) is 0 Å². The highest BCUT2D eigenvalue weighted by Gasteiger charge is 2.22. The maximum absolute atomic E-state index is 5.91. The van der Waals surface area contributed by atoms with Crippen LogP contribution in [0.15, 0.2) is 46.0 Å². The molecule has 1 aliphatic heterocycles. The van der Waals surface area contributed by atoms with E-state index in [9.17, 15) is 0 Å². The van der Waals surface area contributed by atoms with Gasteiger partial charge in [-0.2, -0.15) is 0 Å². The van der Waals surface area contributed by atoms with E-state index in [0.29, 0.717) is 6.54 Å². The summed E-state index contributed by atoms with van der Waals surface area (Å²) < 4.78 is 13.9. The molecule has 0 aliphatic carbocycles. The number of furan rings is 1. The Morgan fingerprint density at radius 3 is 2.73 bits per heavy atom. The minimum atomic E-state index is 0.246. The Kier molecular flexibility index (Phi) is 6.92. The molecule has 3 aromatic rings. The molecule has 30 heavy (non-hydrogen) atoms. The van der Waals surface area contributed by atoms with Crippen LogP contribution in [0.25, 0.3) is 0 Å². The van der Waals surface area contributed by atoms with E-state index in [1.807, 2.05) is 19.1 Å². The van der Waals surface area contributed by atoms with E-state index in [1.165, 1.54) is 11.1 Å². The highest BCUT2D eigenvalue weighted by molar-refractivity contribution is 7.98. The monoisotopic (exact) mass is 426 g/mol. The van der Waals surface area contributed by atoms with Crippen LogP contribution in [0, 0.1) is 13.8 Å². The van der Waals surface area contributed by atoms with Gasteiger partial charge in [0.1, 0.15) is 17.3 Å². The van der Waals surface area contributed by atoms with Crippen LogP contribution in [0.2, 0.25) is 0 Å². The molecular weight excluding hydrogens is 396 g/mol. The first-order chi connectivity index (χ1) is 14.6. The average molecular weight is 427 g/mol. The molecule has 0 saturated carbocycles. The molecule has 0 unspecified atom stereocenters. The first-order valence-corrected chi connectivity index (χ1v) is 11.5. The van der Waals surface area contributed by atoms with E-state index < -0.39 is 0 Å². The van der Waals surface area contributed by atoms with Crippen molar-refractivity contribution in [1.29, 1.82) is 0 Å². The van der Waals surface area contributed by atoms with Crippen molar-refractivity contribution >= 4 is 11.8 Å². The average Bonchev–Trinajstić information content (AvgIpc) is 3.46. The van der Waals surface area contributed by atoms with Crippen LogP contribution < -0.4 is 0 Å². The van der Waals surface area contributed by atoms with Gasteiger partial charge in [0, 0.05) is 12.4 Å². The van der Waals surface area contributed by atoms with Crippen LogP contribution in [-0.4, -0.2) is 39.4 Å². The molecule has 0 radical (unpaired) electrons. The Hall–Kier alpha value is -2.09. The summed E-state index contributed by atoms with van der Waals surface area (Å²) in [4.78, 5) is 2.21. The zero-order chi connectivity index (χ0) is 20.9. The summed E-state index contributed by atoms with van der Waals surface area (Å²) in [5, 5.41) is 10.0. The third-order valence-electron chi connectivity index (χ3n) is 5.45. The molecule has 0 bridgehead atoms. The van der Waals surface area contributed by atoms with Crippen molar-refractivity contribution in [2.45, 2.75) is 63.3 Å². The number of nitrogens with zero attached hydrogens (tertiary/aromatic N) is 4. The second-order valence-corrected chi connectivity index (χ2v) is 8.99. The molecule has 6 nitrogen and oxygen atoms in total. The summed E-state index contributed by atoms with van der Waals surface area (Å²) in [6.45, 7) is 7.25. The summed E-state index contributed by atoms with van der Waals surface area (Å²) in [5.41, 5.74) is 2.64. The second kappa shape index (κ2) is 9.81. The summed E-state index contributed by atoms with van der Waals surface area (Å²) in [5.74, 6) is 3.77. The molecule has 0 N–H and O–H groups in total. The van der Waals surface area contributed by atoms with E-state index in [0.717, 1.165) is 60.8 Å². The van der Waals surface area contributed by atoms with Crippen LogP contribution in [-0.2, 0) is 30.1 Å². The van der Waals surface area contributed by atoms with E-state index in [4.69, 9.17) is 9.15 Å². The molecule has 1 saturated heterocycles. The van der Waals surface area contributed by atoms with Crippen molar-refractivity contribution in [3.63, 3.8) is 0 Å². The summed E-state index contributed by atoms with van der Waals surface area (Å²) in [6, 6.07) is 12.6. The highest BCUT2D eigenvalue weighted by Crippen LogP contribution is 2.26. The van der Waals surface area contributed by atoms with Gasteiger partial charge in [0.2, 0.25) is 0 Å². The third kappa shape index (κ3) is 5.33. The number of aryl methyl sites for hydroxylation is 2. The Morgan fingerprint density at radius 1 is 1.13 bits per heavy atom. The molecular formula is C23H30N4O2S. The van der Waals surface area contributed by atoms with Crippen LogP contribution in [0.3, 0.4) is 0 Å². The van der Waals surface area contributed by atoms with Crippen molar-refractivity contribution < 1.29 is 9.15 Å². The molecule has 1 atom stereocenters. The van der Waals surface area contributed by atoms with Gasteiger partial charge in [-0.15, -0.1) is 10.2 Å². The van der Waals surface area contributed by atoms with Crippen LogP contribution in [0.1, 0.15) is 41.3 Å². The van der Waals surface area contributed by atoms with Crippen LogP contribution >= 0.6 is 11.8 Å². The van der Waals surface area contributed by atoms with E-state index >= 15 is 0 Å². The fourth-order valence-corrected chi connectivity index (χ4v) is 4.81. The molecule has 0 amide bonds. The maximum atomic E-state index is 5.91. The summed E-state index contributed by atoms with van der Waals surface area (Å²) >= 11 is 1.75. The topological polar surface area (TPSA) is 56.3 Å². The van der Waals surface area contributed by atoms with Crippen molar-refractivity contribution in [3.05, 3.63) is 64.9 Å². The first kappa shape index (κ1) is 21.2. The van der Waals surface area contributed by atoms with Gasteiger partial charge in [-0.3, -0.25) is 4.90 Å². The fourth-order valence-electron chi connectivity index (χ4n) is 3.77. The van der Waals surface area contributed by atoms with Crippen molar-refractivity contribution in [1.82, 2.24) is 19.7 Å². The van der Waals surface area contributed by atoms with Gasteiger partial charge in [0.05, 0.1) is 25.7 Å². The minimum absolute atomic E-state index is 0.246. The van der Waals surface area contributed by atoms with Gasteiger partial charge in [0.15, 0.2) is 5.16 Å². The molecule has 1 aliphatic rings. The van der Waals surface area contributed by atoms with Gasteiger partial charge in [0.25, 0.3) is 0 Å². The van der Waals surface area contributed by atoms with Gasteiger partial charge in [-0.05, 0) is 57.0 Å². The Balaban J connectivity index is 1.48. The number of aromatic nitrogens is 3. The molecule has 2 aromatic heterocycles. The lowest BCUT2D eigenvalue weighted by Crippen LogP contribution is -2.23. The van der Waals surface area contributed by atoms with Crippen molar-refractivity contribution in [2.24, 2.45) is 0 Å². The van der Waals surface area contributed by atoms with Crippen LogP contribution in [0.4, 0.5) is 0 Å². The van der Waals surface area contributed by atoms with E-state index in [1.54, 1.807) is 11.8 Å². The minimum Gasteiger partial charge on any atom is -0.465 e. The molecule has 4 rings (SSSR count). The normalized spacial score (nSPS) is 16.6. The largest absolute Gasteiger partial charge is 0.465 e. The van der Waals surface area contributed by atoms with Crippen LogP contribution in [0.5, 0.6) is 0 Å². The maximum Gasteiger partial charge on any atom is 0.191 e. The van der Waals surface area contributed by atoms with Gasteiger partial charge in [-0.25, -0.2) is 0 Å². The molecule has 160 valence electrons. The number of hydrogen-bond acceptors (Lipinski definition) is 6. The number of thioether (sulfide) groups is 1. The molecule has 1 fully saturated rings. The number of benzene rings is 1. The Bertz CT molecular complexity index is 962. The third-order valence-corrected chi connectivity index (χ3v) is 6.47. The van der Waals surface area contributed by atoms with E-state index in [2.05, 4.69) is 57.9 Å². The predicted octanol–water partition coefficient (Wildman–Crippen LogP) is 4.59. The Morgan fingerprint density at radius 2 is 2.00 bits per heavy atom. The number of rotatable bonds is 9. The smallest absolute Gasteiger partial charge is 0.191 e. The van der Waals surface area contributed by atoms with Gasteiger partial charge < -0.3 is 13.7 Å². The first-order valence-electron chi connectivity index (χ1n) is 10.5. The summed E-state index contributed by atoms with van der Waals surface area (Å²) in [7, 11) is 2.09. The SMILES string of the molecule is Cc1ccc(CN(C)Cc2nnc(SCc3ccccc3C)n2C[C@H]2CCCO2)o1. The quantitative estimate of drug-likeness (QED) is 0.467. The second-order valence-electron chi connectivity index (χ2n) is 8.04. The lowest BCUT2D eigenvalue weighted by molar-refractivity contribution is 0.0933. The molecule has 3 heterocycles. The fraction of sp³-hybridized carbons (Fsp3) is 0.478. The van der Waals surface area contributed by atoms with E-state index in [-0.39, 0.29) is 6.10 Å². The lowest BCUT2D eigenvalue weighted by Gasteiger charge is -2.18. The highest BCUT2D eigenvalue weighted by atomic mass is 32.2. The molecule has 0 spiro atoms. The zero-order valence-electron chi connectivity index (χ0n) is 18.0. The van der Waals surface area contributed by atoms with Crippen molar-refractivity contribution in [2.75, 3.05) is 13.7 Å².